The van der Waals surface area contributed by atoms with Gasteiger partial charge in [-0.05, 0) is 43.3 Å². The monoisotopic (exact) mass is 368 g/mol. The third-order valence-electron chi connectivity index (χ3n) is 3.59. The lowest BCUT2D eigenvalue weighted by Gasteiger charge is -1.95. The molecule has 0 saturated heterocycles. The van der Waals surface area contributed by atoms with Crippen LogP contribution in [0.3, 0.4) is 0 Å². The molecule has 4 aromatic rings. The molecule has 130 valence electrons. The second-order valence-corrected chi connectivity index (χ2v) is 6.48. The zero-order valence-electron chi connectivity index (χ0n) is 13.7. The fourth-order valence-corrected chi connectivity index (χ4v) is 2.84. The highest BCUT2D eigenvalue weighted by molar-refractivity contribution is 7.98. The van der Waals surface area contributed by atoms with Crippen LogP contribution in [0.4, 0.5) is 4.39 Å². The predicted molar refractivity (Wildman–Crippen MR) is 93.7 cm³/mol. The number of aromatic nitrogens is 4. The first-order chi connectivity index (χ1) is 12.7. The summed E-state index contributed by atoms with van der Waals surface area (Å²) in [6.07, 6.45) is 0. The van der Waals surface area contributed by atoms with Crippen molar-refractivity contribution in [3.63, 3.8) is 0 Å². The normalized spacial score (nSPS) is 11.0. The van der Waals surface area contributed by atoms with E-state index in [1.807, 2.05) is 31.2 Å². The first-order valence-corrected chi connectivity index (χ1v) is 8.78. The fourth-order valence-electron chi connectivity index (χ4n) is 2.23. The second-order valence-electron chi connectivity index (χ2n) is 5.55. The molecule has 2 aromatic heterocycles. The topological polar surface area (TPSA) is 77.8 Å². The highest BCUT2D eigenvalue weighted by Crippen LogP contribution is 2.26. The van der Waals surface area contributed by atoms with Crippen LogP contribution in [0, 0.1) is 12.7 Å². The molecule has 0 N–H and O–H groups in total. The van der Waals surface area contributed by atoms with Crippen molar-refractivity contribution >= 4 is 11.8 Å². The molecule has 0 aliphatic rings. The number of hydrogen-bond donors (Lipinski definition) is 0. The quantitative estimate of drug-likeness (QED) is 0.479. The van der Waals surface area contributed by atoms with Gasteiger partial charge >= 0.3 is 0 Å². The summed E-state index contributed by atoms with van der Waals surface area (Å²) < 4.78 is 23.8. The predicted octanol–water partition coefficient (Wildman–Crippen LogP) is 4.53. The van der Waals surface area contributed by atoms with Gasteiger partial charge in [-0.3, -0.25) is 0 Å². The second kappa shape index (κ2) is 7.09. The van der Waals surface area contributed by atoms with Crippen molar-refractivity contribution in [3.05, 3.63) is 65.7 Å². The minimum atomic E-state index is -0.315. The van der Waals surface area contributed by atoms with Crippen LogP contribution in [0.15, 0.2) is 62.7 Å². The van der Waals surface area contributed by atoms with Gasteiger partial charge in [-0.15, -0.1) is 10.2 Å². The lowest BCUT2D eigenvalue weighted by Crippen LogP contribution is -1.84. The maximum atomic E-state index is 13.0. The third-order valence-corrected chi connectivity index (χ3v) is 4.40. The van der Waals surface area contributed by atoms with E-state index in [0.29, 0.717) is 34.1 Å². The fraction of sp³-hybridized carbons (Fsp3) is 0.111. The maximum Gasteiger partial charge on any atom is 0.277 e. The van der Waals surface area contributed by atoms with Crippen LogP contribution in [0.1, 0.15) is 11.4 Å². The molecule has 6 nitrogen and oxygen atoms in total. The molecule has 0 amide bonds. The van der Waals surface area contributed by atoms with Crippen molar-refractivity contribution in [1.82, 2.24) is 20.3 Å². The first kappa shape index (κ1) is 16.5. The maximum absolute atomic E-state index is 13.0. The number of rotatable bonds is 5. The molecular formula is C18H13FN4O2S. The van der Waals surface area contributed by atoms with Gasteiger partial charge in [0.05, 0.1) is 5.75 Å². The summed E-state index contributed by atoms with van der Waals surface area (Å²) in [5.74, 6) is 1.40. The summed E-state index contributed by atoms with van der Waals surface area (Å²) in [6.45, 7) is 2.02. The zero-order valence-corrected chi connectivity index (χ0v) is 14.5. The van der Waals surface area contributed by atoms with Crippen LogP contribution < -0.4 is 0 Å². The van der Waals surface area contributed by atoms with Gasteiger partial charge in [0.1, 0.15) is 5.82 Å². The highest BCUT2D eigenvalue weighted by Gasteiger charge is 2.13. The largest absolute Gasteiger partial charge is 0.411 e. The molecule has 0 spiro atoms. The summed E-state index contributed by atoms with van der Waals surface area (Å²) >= 11 is 1.32. The van der Waals surface area contributed by atoms with E-state index >= 15 is 0 Å². The van der Waals surface area contributed by atoms with E-state index in [2.05, 4.69) is 20.3 Å². The number of halogens is 1. The Balaban J connectivity index is 1.42. The summed E-state index contributed by atoms with van der Waals surface area (Å²) in [4.78, 5) is 4.29. The number of benzene rings is 2. The van der Waals surface area contributed by atoms with Crippen LogP contribution in [0.25, 0.3) is 22.9 Å². The van der Waals surface area contributed by atoms with Gasteiger partial charge in [-0.25, -0.2) is 4.39 Å². The molecule has 0 fully saturated rings. The van der Waals surface area contributed by atoms with Crippen LogP contribution >= 0.6 is 11.8 Å². The molecule has 0 unspecified atom stereocenters. The molecule has 0 atom stereocenters. The molecule has 0 aliphatic heterocycles. The molecule has 2 heterocycles. The van der Waals surface area contributed by atoms with Gasteiger partial charge < -0.3 is 8.94 Å². The Kier molecular flexibility index (Phi) is 4.49. The van der Waals surface area contributed by atoms with Crippen LogP contribution in [0.2, 0.25) is 0 Å². The molecule has 26 heavy (non-hydrogen) atoms. The summed E-state index contributed by atoms with van der Waals surface area (Å²) in [6, 6.07) is 13.7. The van der Waals surface area contributed by atoms with Crippen LogP contribution in [0.5, 0.6) is 0 Å². The van der Waals surface area contributed by atoms with Crippen molar-refractivity contribution in [1.29, 1.82) is 0 Å². The Bertz CT molecular complexity index is 929. The van der Waals surface area contributed by atoms with E-state index in [1.54, 1.807) is 12.1 Å². The average molecular weight is 368 g/mol. The summed E-state index contributed by atoms with van der Waals surface area (Å²) in [7, 11) is 0. The van der Waals surface area contributed by atoms with Gasteiger partial charge in [0.15, 0.2) is 5.82 Å². The van der Waals surface area contributed by atoms with Gasteiger partial charge in [0, 0.05) is 11.1 Å². The van der Waals surface area contributed by atoms with Crippen LogP contribution in [-0.2, 0) is 5.75 Å². The number of nitrogens with zero attached hydrogens (tertiary/aromatic N) is 4. The van der Waals surface area contributed by atoms with Gasteiger partial charge in [0.2, 0.25) is 5.89 Å². The van der Waals surface area contributed by atoms with Crippen molar-refractivity contribution in [2.45, 2.75) is 17.9 Å². The summed E-state index contributed by atoms with van der Waals surface area (Å²) in [5, 5.41) is 12.4. The highest BCUT2D eigenvalue weighted by atomic mass is 32.2. The first-order valence-electron chi connectivity index (χ1n) is 7.79. The molecule has 2 aromatic carbocycles. The van der Waals surface area contributed by atoms with Crippen molar-refractivity contribution in [2.75, 3.05) is 0 Å². The van der Waals surface area contributed by atoms with E-state index in [9.17, 15) is 4.39 Å². The van der Waals surface area contributed by atoms with E-state index in [0.717, 1.165) is 11.1 Å². The van der Waals surface area contributed by atoms with Crippen molar-refractivity contribution in [3.8, 4) is 22.9 Å². The minimum absolute atomic E-state index is 0.315. The lowest BCUT2D eigenvalue weighted by molar-refractivity contribution is 0.425. The van der Waals surface area contributed by atoms with E-state index < -0.39 is 0 Å². The molecular weight excluding hydrogens is 355 g/mol. The lowest BCUT2D eigenvalue weighted by atomic mass is 10.1. The van der Waals surface area contributed by atoms with E-state index in [1.165, 1.54) is 23.9 Å². The number of thioether (sulfide) groups is 1. The Morgan fingerprint density at radius 1 is 0.923 bits per heavy atom. The summed E-state index contributed by atoms with van der Waals surface area (Å²) in [5.41, 5.74) is 2.69. The Hall–Kier alpha value is -3.00. The molecule has 0 saturated carbocycles. The number of aryl methyl sites for hydroxylation is 1. The Morgan fingerprint density at radius 3 is 2.38 bits per heavy atom. The molecule has 8 heteroatoms. The molecule has 0 bridgehead atoms. The van der Waals surface area contributed by atoms with E-state index in [-0.39, 0.29) is 5.82 Å². The standard InChI is InChI=1S/C18H13FN4O2S/c1-11-2-4-13(5-3-11)17-21-22-18(24-17)26-10-15-20-16(25-23-15)12-6-8-14(19)9-7-12/h2-9H,10H2,1H3. The number of hydrogen-bond acceptors (Lipinski definition) is 7. The SMILES string of the molecule is Cc1ccc(-c2nnc(SCc3noc(-c4ccc(F)cc4)n3)o2)cc1. The average Bonchev–Trinajstić information content (AvgIpc) is 3.31. The Morgan fingerprint density at radius 2 is 1.62 bits per heavy atom. The van der Waals surface area contributed by atoms with Gasteiger partial charge in [0.25, 0.3) is 11.1 Å². The third kappa shape index (κ3) is 3.65. The van der Waals surface area contributed by atoms with Crippen molar-refractivity contribution < 1.29 is 13.3 Å². The molecule has 4 rings (SSSR count). The van der Waals surface area contributed by atoms with Crippen LogP contribution in [-0.4, -0.2) is 20.3 Å². The van der Waals surface area contributed by atoms with Gasteiger partial charge in [-0.1, -0.05) is 34.6 Å². The molecule has 0 aliphatic carbocycles. The Labute approximate surface area is 152 Å². The molecule has 0 radical (unpaired) electrons. The van der Waals surface area contributed by atoms with Gasteiger partial charge in [-0.2, -0.15) is 4.98 Å². The smallest absolute Gasteiger partial charge is 0.277 e. The van der Waals surface area contributed by atoms with E-state index in [4.69, 9.17) is 8.94 Å². The van der Waals surface area contributed by atoms with Crippen molar-refractivity contribution in [2.24, 2.45) is 0 Å². The minimum Gasteiger partial charge on any atom is -0.411 e. The zero-order chi connectivity index (χ0) is 17.9.